The van der Waals surface area contributed by atoms with E-state index in [-0.39, 0.29) is 31.2 Å². The van der Waals surface area contributed by atoms with Crippen LogP contribution >= 0.6 is 0 Å². The molecule has 6 nitrogen and oxygen atoms in total. The van der Waals surface area contributed by atoms with Gasteiger partial charge in [-0.1, -0.05) is 0 Å². The van der Waals surface area contributed by atoms with E-state index in [1.165, 1.54) is 18.0 Å². The molecule has 0 aliphatic rings. The smallest absolute Gasteiger partial charge is 0.305 e. The summed E-state index contributed by atoms with van der Waals surface area (Å²) in [6.07, 6.45) is -0.0906. The number of carboxylic acid groups (broad SMARTS) is 1. The van der Waals surface area contributed by atoms with E-state index in [1.54, 1.807) is 6.07 Å². The first-order chi connectivity index (χ1) is 7.54. The monoisotopic (exact) mass is 226 g/mol. The molecule has 1 aromatic rings. The van der Waals surface area contributed by atoms with Gasteiger partial charge in [-0.25, -0.2) is 0 Å². The summed E-state index contributed by atoms with van der Waals surface area (Å²) in [5, 5.41) is 8.48. The summed E-state index contributed by atoms with van der Waals surface area (Å²) in [6, 6.07) is 3.15. The van der Waals surface area contributed by atoms with Crippen molar-refractivity contribution in [3.63, 3.8) is 0 Å². The molecule has 6 heteroatoms. The highest BCUT2D eigenvalue weighted by Crippen LogP contribution is 2.09. The van der Waals surface area contributed by atoms with Crippen LogP contribution in [0.1, 0.15) is 22.7 Å². The maximum Gasteiger partial charge on any atom is 0.305 e. The van der Waals surface area contributed by atoms with Crippen LogP contribution < -0.4 is 5.73 Å². The largest absolute Gasteiger partial charge is 0.481 e. The van der Waals surface area contributed by atoms with Crippen LogP contribution in [0.15, 0.2) is 16.5 Å². The minimum absolute atomic E-state index is 0.0906. The number of hydrogen-bond donors (Lipinski definition) is 2. The van der Waals surface area contributed by atoms with Crippen molar-refractivity contribution < 1.29 is 19.1 Å². The first kappa shape index (κ1) is 12.3. The van der Waals surface area contributed by atoms with Crippen molar-refractivity contribution in [2.75, 3.05) is 13.6 Å². The van der Waals surface area contributed by atoms with E-state index in [1.807, 2.05) is 0 Å². The molecular weight excluding hydrogens is 212 g/mol. The topological polar surface area (TPSA) is 96.8 Å². The van der Waals surface area contributed by atoms with E-state index in [9.17, 15) is 9.59 Å². The zero-order valence-electron chi connectivity index (χ0n) is 8.97. The molecule has 1 rings (SSSR count). The molecule has 3 N–H and O–H groups in total. The number of amides is 1. The van der Waals surface area contributed by atoms with Crippen LogP contribution in [0.5, 0.6) is 0 Å². The Morgan fingerprint density at radius 2 is 2.19 bits per heavy atom. The van der Waals surface area contributed by atoms with Gasteiger partial charge in [0.2, 0.25) is 0 Å². The number of hydrogen-bond acceptors (Lipinski definition) is 4. The predicted molar refractivity (Wildman–Crippen MR) is 55.8 cm³/mol. The van der Waals surface area contributed by atoms with E-state index in [2.05, 4.69) is 0 Å². The summed E-state index contributed by atoms with van der Waals surface area (Å²) >= 11 is 0. The van der Waals surface area contributed by atoms with Gasteiger partial charge in [-0.15, -0.1) is 0 Å². The number of carboxylic acids is 1. The highest BCUT2D eigenvalue weighted by molar-refractivity contribution is 5.91. The highest BCUT2D eigenvalue weighted by atomic mass is 16.4. The summed E-state index contributed by atoms with van der Waals surface area (Å²) in [6.45, 7) is 0.374. The zero-order valence-corrected chi connectivity index (χ0v) is 8.97. The van der Waals surface area contributed by atoms with E-state index in [0.717, 1.165) is 0 Å². The molecule has 16 heavy (non-hydrogen) atoms. The maximum absolute atomic E-state index is 11.7. The lowest BCUT2D eigenvalue weighted by Crippen LogP contribution is -2.28. The third-order valence-corrected chi connectivity index (χ3v) is 2.08. The summed E-state index contributed by atoms with van der Waals surface area (Å²) in [7, 11) is 1.52. The number of carbonyl (C=O) groups is 2. The highest BCUT2D eigenvalue weighted by Gasteiger charge is 2.16. The van der Waals surface area contributed by atoms with Crippen molar-refractivity contribution in [2.45, 2.75) is 13.0 Å². The van der Waals surface area contributed by atoms with Gasteiger partial charge in [0.15, 0.2) is 5.76 Å². The molecule has 0 bridgehead atoms. The molecular formula is C10H14N2O4. The standard InChI is InChI=1S/C10H14N2O4/c1-12(5-4-9(13)14)10(15)8-3-2-7(6-11)16-8/h2-3H,4-6,11H2,1H3,(H,13,14). The van der Waals surface area contributed by atoms with Gasteiger partial charge in [0.05, 0.1) is 13.0 Å². The normalized spacial score (nSPS) is 10.1. The first-order valence-electron chi connectivity index (χ1n) is 4.80. The molecule has 1 heterocycles. The second kappa shape index (κ2) is 5.32. The van der Waals surface area contributed by atoms with Gasteiger partial charge in [0.1, 0.15) is 5.76 Å². The summed E-state index contributed by atoms with van der Waals surface area (Å²) < 4.78 is 5.16. The molecule has 88 valence electrons. The second-order valence-corrected chi connectivity index (χ2v) is 3.34. The third-order valence-electron chi connectivity index (χ3n) is 2.08. The fourth-order valence-electron chi connectivity index (χ4n) is 1.16. The molecule has 1 amide bonds. The van der Waals surface area contributed by atoms with Gasteiger partial charge in [-0.05, 0) is 12.1 Å². The van der Waals surface area contributed by atoms with Crippen LogP contribution in [-0.4, -0.2) is 35.5 Å². The molecule has 1 aromatic heterocycles. The Kier molecular flexibility index (Phi) is 4.07. The zero-order chi connectivity index (χ0) is 12.1. The SMILES string of the molecule is CN(CCC(=O)O)C(=O)c1ccc(CN)o1. The summed E-state index contributed by atoms with van der Waals surface area (Å²) in [5.41, 5.74) is 5.34. The number of carbonyl (C=O) groups excluding carboxylic acids is 1. The summed E-state index contributed by atoms with van der Waals surface area (Å²) in [4.78, 5) is 23.3. The number of aliphatic carboxylic acids is 1. The number of rotatable bonds is 5. The average Bonchev–Trinajstić information content (AvgIpc) is 2.73. The fraction of sp³-hybridized carbons (Fsp3) is 0.400. The third kappa shape index (κ3) is 3.09. The molecule has 0 atom stereocenters. The molecule has 0 saturated heterocycles. The molecule has 0 aliphatic carbocycles. The van der Waals surface area contributed by atoms with Crippen LogP contribution in [0, 0.1) is 0 Å². The van der Waals surface area contributed by atoms with Gasteiger partial charge in [0.25, 0.3) is 5.91 Å². The van der Waals surface area contributed by atoms with Gasteiger partial charge < -0.3 is 20.2 Å². The van der Waals surface area contributed by atoms with Crippen LogP contribution in [-0.2, 0) is 11.3 Å². The van der Waals surface area contributed by atoms with E-state index < -0.39 is 5.97 Å². The van der Waals surface area contributed by atoms with Crippen molar-refractivity contribution in [3.8, 4) is 0 Å². The molecule has 0 radical (unpaired) electrons. The van der Waals surface area contributed by atoms with Crippen LogP contribution in [0.25, 0.3) is 0 Å². The van der Waals surface area contributed by atoms with E-state index in [0.29, 0.717) is 5.76 Å². The van der Waals surface area contributed by atoms with Gasteiger partial charge in [0, 0.05) is 13.6 Å². The molecule has 0 saturated carbocycles. The predicted octanol–water partition coefficient (Wildman–Crippen LogP) is 0.285. The molecule has 0 fully saturated rings. The minimum atomic E-state index is -0.943. The lowest BCUT2D eigenvalue weighted by Gasteiger charge is -2.13. The van der Waals surface area contributed by atoms with Gasteiger partial charge in [-0.3, -0.25) is 9.59 Å². The molecule has 0 aromatic carbocycles. The van der Waals surface area contributed by atoms with Crippen LogP contribution in [0.3, 0.4) is 0 Å². The molecule has 0 aliphatic heterocycles. The van der Waals surface area contributed by atoms with Gasteiger partial charge >= 0.3 is 5.97 Å². The van der Waals surface area contributed by atoms with E-state index in [4.69, 9.17) is 15.3 Å². The fourth-order valence-corrected chi connectivity index (χ4v) is 1.16. The first-order valence-corrected chi connectivity index (χ1v) is 4.80. The van der Waals surface area contributed by atoms with Crippen LogP contribution in [0.4, 0.5) is 0 Å². The maximum atomic E-state index is 11.7. The lowest BCUT2D eigenvalue weighted by molar-refractivity contribution is -0.137. The van der Waals surface area contributed by atoms with Gasteiger partial charge in [-0.2, -0.15) is 0 Å². The molecule has 0 unspecified atom stereocenters. The Balaban J connectivity index is 2.59. The number of nitrogens with two attached hydrogens (primary N) is 1. The van der Waals surface area contributed by atoms with Crippen molar-refractivity contribution in [3.05, 3.63) is 23.7 Å². The number of nitrogens with zero attached hydrogens (tertiary/aromatic N) is 1. The van der Waals surface area contributed by atoms with Crippen molar-refractivity contribution in [1.82, 2.24) is 4.90 Å². The van der Waals surface area contributed by atoms with Crippen molar-refractivity contribution >= 4 is 11.9 Å². The quantitative estimate of drug-likeness (QED) is 0.751. The van der Waals surface area contributed by atoms with Crippen molar-refractivity contribution in [1.29, 1.82) is 0 Å². The van der Waals surface area contributed by atoms with Crippen molar-refractivity contribution in [2.24, 2.45) is 5.73 Å². The summed E-state index contributed by atoms with van der Waals surface area (Å²) in [5.74, 6) is -0.592. The Morgan fingerprint density at radius 3 is 2.69 bits per heavy atom. The number of furan rings is 1. The Morgan fingerprint density at radius 1 is 1.50 bits per heavy atom. The lowest BCUT2D eigenvalue weighted by atomic mass is 10.3. The average molecular weight is 226 g/mol. The minimum Gasteiger partial charge on any atom is -0.481 e. The van der Waals surface area contributed by atoms with E-state index >= 15 is 0 Å². The Labute approximate surface area is 92.6 Å². The molecule has 0 spiro atoms. The Bertz CT molecular complexity index is 386. The Hall–Kier alpha value is -1.82. The van der Waals surface area contributed by atoms with Crippen LogP contribution in [0.2, 0.25) is 0 Å². The second-order valence-electron chi connectivity index (χ2n) is 3.34.